The van der Waals surface area contributed by atoms with Crippen LogP contribution in [0.2, 0.25) is 0 Å². The zero-order chi connectivity index (χ0) is 12.8. The van der Waals surface area contributed by atoms with Crippen LogP contribution in [0.15, 0.2) is 0 Å². The first-order valence-electron chi connectivity index (χ1n) is 6.51. The SMILES string of the molecule is O=C(NC1(C(=O)O)CCOC1)N1CC2CCC1C2. The molecule has 18 heavy (non-hydrogen) atoms. The topological polar surface area (TPSA) is 78.9 Å². The van der Waals surface area contributed by atoms with Crippen molar-refractivity contribution in [1.29, 1.82) is 0 Å². The number of carbonyl (C=O) groups excluding carboxylic acids is 1. The number of urea groups is 1. The molecule has 0 spiro atoms. The summed E-state index contributed by atoms with van der Waals surface area (Å²) in [5.74, 6) is -0.390. The summed E-state index contributed by atoms with van der Waals surface area (Å²) < 4.78 is 5.13. The quantitative estimate of drug-likeness (QED) is 0.748. The standard InChI is InChI=1S/C12H18N2O4/c15-10(16)12(3-4-18-7-12)13-11(17)14-6-8-1-2-9(14)5-8/h8-9H,1-7H2,(H,13,17)(H,15,16). The first-order valence-corrected chi connectivity index (χ1v) is 6.51. The molecule has 2 amide bonds. The molecule has 100 valence electrons. The number of likely N-dealkylation sites (tertiary alicyclic amines) is 1. The number of rotatable bonds is 2. The highest BCUT2D eigenvalue weighted by Gasteiger charge is 2.47. The number of ether oxygens (including phenoxy) is 1. The van der Waals surface area contributed by atoms with Gasteiger partial charge in [0.2, 0.25) is 0 Å². The van der Waals surface area contributed by atoms with E-state index in [-0.39, 0.29) is 12.6 Å². The van der Waals surface area contributed by atoms with Crippen LogP contribution in [0.4, 0.5) is 4.79 Å². The molecule has 3 aliphatic rings. The zero-order valence-corrected chi connectivity index (χ0v) is 10.2. The average molecular weight is 254 g/mol. The summed E-state index contributed by atoms with van der Waals surface area (Å²) in [4.78, 5) is 25.3. The van der Waals surface area contributed by atoms with Gasteiger partial charge in [0.1, 0.15) is 0 Å². The molecule has 3 unspecified atom stereocenters. The number of fused-ring (bicyclic) bond motifs is 2. The molecular formula is C12H18N2O4. The fourth-order valence-corrected chi connectivity index (χ4v) is 3.34. The third-order valence-electron chi connectivity index (χ3n) is 4.45. The highest BCUT2D eigenvalue weighted by molar-refractivity contribution is 5.87. The van der Waals surface area contributed by atoms with Gasteiger partial charge < -0.3 is 20.1 Å². The molecule has 2 N–H and O–H groups in total. The molecule has 1 saturated carbocycles. The van der Waals surface area contributed by atoms with Gasteiger partial charge in [-0.2, -0.15) is 0 Å². The van der Waals surface area contributed by atoms with E-state index in [4.69, 9.17) is 4.74 Å². The summed E-state index contributed by atoms with van der Waals surface area (Å²) in [6.45, 7) is 1.22. The predicted molar refractivity (Wildman–Crippen MR) is 62.2 cm³/mol. The second kappa shape index (κ2) is 4.12. The lowest BCUT2D eigenvalue weighted by atomic mass is 9.99. The highest BCUT2D eigenvalue weighted by atomic mass is 16.5. The number of hydrogen-bond acceptors (Lipinski definition) is 3. The minimum atomic E-state index is -1.22. The molecule has 0 radical (unpaired) electrons. The summed E-state index contributed by atoms with van der Waals surface area (Å²) in [6.07, 6.45) is 3.66. The Bertz CT molecular complexity index is 378. The smallest absolute Gasteiger partial charge is 0.332 e. The van der Waals surface area contributed by atoms with Crippen molar-refractivity contribution < 1.29 is 19.4 Å². The number of carboxylic acids is 1. The number of nitrogens with zero attached hydrogens (tertiary/aromatic N) is 1. The minimum absolute atomic E-state index is 0.0655. The molecule has 3 fully saturated rings. The van der Waals surface area contributed by atoms with Gasteiger partial charge >= 0.3 is 12.0 Å². The van der Waals surface area contributed by atoms with Crippen molar-refractivity contribution in [3.63, 3.8) is 0 Å². The van der Waals surface area contributed by atoms with Crippen molar-refractivity contribution in [3.05, 3.63) is 0 Å². The van der Waals surface area contributed by atoms with Crippen molar-refractivity contribution in [3.8, 4) is 0 Å². The number of hydrogen-bond donors (Lipinski definition) is 2. The predicted octanol–water partition coefficient (Wildman–Crippen LogP) is 0.424. The van der Waals surface area contributed by atoms with E-state index in [9.17, 15) is 14.7 Å². The first-order chi connectivity index (χ1) is 8.61. The van der Waals surface area contributed by atoms with Gasteiger partial charge in [-0.05, 0) is 25.2 Å². The minimum Gasteiger partial charge on any atom is -0.479 e. The van der Waals surface area contributed by atoms with E-state index in [0.717, 1.165) is 19.4 Å². The number of carboxylic acid groups (broad SMARTS) is 1. The van der Waals surface area contributed by atoms with Crippen LogP contribution in [0.25, 0.3) is 0 Å². The Kier molecular flexibility index (Phi) is 2.69. The van der Waals surface area contributed by atoms with Gasteiger partial charge in [-0.15, -0.1) is 0 Å². The van der Waals surface area contributed by atoms with Crippen LogP contribution in [0.1, 0.15) is 25.7 Å². The lowest BCUT2D eigenvalue weighted by molar-refractivity contribution is -0.144. The van der Waals surface area contributed by atoms with Crippen molar-refractivity contribution in [2.24, 2.45) is 5.92 Å². The number of piperidine rings is 1. The molecule has 2 bridgehead atoms. The van der Waals surface area contributed by atoms with E-state index < -0.39 is 11.5 Å². The van der Waals surface area contributed by atoms with Gasteiger partial charge in [0, 0.05) is 25.6 Å². The Morgan fingerprint density at radius 3 is 2.72 bits per heavy atom. The molecule has 6 nitrogen and oxygen atoms in total. The van der Waals surface area contributed by atoms with Gasteiger partial charge in [-0.3, -0.25) is 0 Å². The number of nitrogens with one attached hydrogen (secondary N) is 1. The van der Waals surface area contributed by atoms with Gasteiger partial charge in [-0.1, -0.05) is 0 Å². The maximum absolute atomic E-state index is 12.2. The lowest BCUT2D eigenvalue weighted by Gasteiger charge is -2.31. The molecule has 0 aromatic heterocycles. The van der Waals surface area contributed by atoms with Gasteiger partial charge in [0.25, 0.3) is 0 Å². The highest BCUT2D eigenvalue weighted by Crippen LogP contribution is 2.37. The zero-order valence-electron chi connectivity index (χ0n) is 10.2. The van der Waals surface area contributed by atoms with E-state index in [1.54, 1.807) is 4.90 Å². The summed E-state index contributed by atoms with van der Waals surface area (Å²) >= 11 is 0. The molecule has 2 saturated heterocycles. The Morgan fingerprint density at radius 2 is 2.22 bits per heavy atom. The Hall–Kier alpha value is -1.30. The molecule has 1 aliphatic carbocycles. The summed E-state index contributed by atoms with van der Waals surface area (Å²) in [5, 5.41) is 12.0. The maximum atomic E-state index is 12.2. The first kappa shape index (κ1) is 11.8. The number of aliphatic carboxylic acids is 1. The third kappa shape index (κ3) is 1.75. The van der Waals surface area contributed by atoms with E-state index in [1.165, 1.54) is 6.42 Å². The van der Waals surface area contributed by atoms with E-state index in [2.05, 4.69) is 5.32 Å². The van der Waals surface area contributed by atoms with Gasteiger partial charge in [-0.25, -0.2) is 9.59 Å². The Morgan fingerprint density at radius 1 is 1.39 bits per heavy atom. The normalized spacial score (nSPS) is 38.1. The monoisotopic (exact) mass is 254 g/mol. The van der Waals surface area contributed by atoms with E-state index in [0.29, 0.717) is 25.0 Å². The van der Waals surface area contributed by atoms with Crippen LogP contribution >= 0.6 is 0 Å². The van der Waals surface area contributed by atoms with Crippen LogP contribution in [0.3, 0.4) is 0 Å². The van der Waals surface area contributed by atoms with Gasteiger partial charge in [0.15, 0.2) is 5.54 Å². The molecule has 3 atom stereocenters. The van der Waals surface area contributed by atoms with Crippen molar-refractivity contribution in [2.75, 3.05) is 19.8 Å². The lowest BCUT2D eigenvalue weighted by Crippen LogP contribution is -2.59. The molecule has 2 aliphatic heterocycles. The van der Waals surface area contributed by atoms with Crippen LogP contribution in [0.5, 0.6) is 0 Å². The summed E-state index contributed by atoms with van der Waals surface area (Å²) in [5.41, 5.74) is -1.22. The van der Waals surface area contributed by atoms with E-state index in [1.807, 2.05) is 0 Å². The van der Waals surface area contributed by atoms with Crippen LogP contribution < -0.4 is 5.32 Å². The van der Waals surface area contributed by atoms with E-state index >= 15 is 0 Å². The number of carbonyl (C=O) groups is 2. The molecule has 0 aromatic carbocycles. The Balaban J connectivity index is 1.68. The van der Waals surface area contributed by atoms with Crippen LogP contribution in [-0.4, -0.2) is 53.3 Å². The average Bonchev–Trinajstić information content (AvgIpc) is 3.04. The molecular weight excluding hydrogens is 236 g/mol. The second-order valence-corrected chi connectivity index (χ2v) is 5.61. The largest absolute Gasteiger partial charge is 0.479 e. The van der Waals surface area contributed by atoms with Crippen molar-refractivity contribution in [2.45, 2.75) is 37.3 Å². The maximum Gasteiger partial charge on any atom is 0.332 e. The second-order valence-electron chi connectivity index (χ2n) is 5.61. The Labute approximate surface area is 105 Å². The summed E-state index contributed by atoms with van der Waals surface area (Å²) in [6, 6.07) is 0.0678. The molecule has 3 rings (SSSR count). The van der Waals surface area contributed by atoms with Crippen LogP contribution in [0, 0.1) is 5.92 Å². The fraction of sp³-hybridized carbons (Fsp3) is 0.833. The van der Waals surface area contributed by atoms with Crippen molar-refractivity contribution in [1.82, 2.24) is 10.2 Å². The van der Waals surface area contributed by atoms with Gasteiger partial charge in [0.05, 0.1) is 6.61 Å². The molecule has 6 heteroatoms. The summed E-state index contributed by atoms with van der Waals surface area (Å²) in [7, 11) is 0. The third-order valence-corrected chi connectivity index (χ3v) is 4.45. The molecule has 2 heterocycles. The van der Waals surface area contributed by atoms with Crippen molar-refractivity contribution >= 4 is 12.0 Å². The van der Waals surface area contributed by atoms with Crippen LogP contribution in [-0.2, 0) is 9.53 Å². The number of amides is 2. The fourth-order valence-electron chi connectivity index (χ4n) is 3.34. The molecule has 0 aromatic rings.